The number of nitrogens with zero attached hydrogens (tertiary/aromatic N) is 2. The molecule has 0 fully saturated rings. The van der Waals surface area contributed by atoms with Crippen molar-refractivity contribution in [3.8, 4) is 33.4 Å². The number of hydrogen-bond acceptors (Lipinski definition) is 4. The third-order valence-electron chi connectivity index (χ3n) is 16.8. The van der Waals surface area contributed by atoms with Crippen LogP contribution in [0.3, 0.4) is 0 Å². The Morgan fingerprint density at radius 1 is 0.291 bits per heavy atom. The summed E-state index contributed by atoms with van der Waals surface area (Å²) in [4.78, 5) is 4.85. The first-order valence-corrected chi connectivity index (χ1v) is 27.2. The molecule has 0 amide bonds. The molecule has 0 saturated heterocycles. The minimum absolute atomic E-state index is 0.421. The molecule has 1 aliphatic carbocycles. The number of para-hydroxylation sites is 4. The molecule has 0 aliphatic heterocycles. The molecule has 0 unspecified atom stereocenters. The van der Waals surface area contributed by atoms with Crippen LogP contribution >= 0.6 is 0 Å². The van der Waals surface area contributed by atoms with Gasteiger partial charge in [0.05, 0.1) is 17.1 Å². The van der Waals surface area contributed by atoms with Crippen LogP contribution in [0.1, 0.15) is 25.0 Å². The van der Waals surface area contributed by atoms with Crippen molar-refractivity contribution in [2.24, 2.45) is 0 Å². The Balaban J connectivity index is 0.918. The highest BCUT2D eigenvalue weighted by Crippen LogP contribution is 2.57. The number of hydrogen-bond donors (Lipinski definition) is 0. The highest BCUT2D eigenvalue weighted by molar-refractivity contribution is 6.26. The molecule has 0 bridgehead atoms. The fourth-order valence-electron chi connectivity index (χ4n) is 13.1. The average molecular weight is 1010 g/mol. The van der Waals surface area contributed by atoms with Crippen LogP contribution in [-0.2, 0) is 5.41 Å². The maximum absolute atomic E-state index is 7.35. The van der Waals surface area contributed by atoms with Crippen LogP contribution in [0.4, 0.5) is 34.1 Å². The Morgan fingerprint density at radius 2 is 0.734 bits per heavy atom. The van der Waals surface area contributed by atoms with Crippen molar-refractivity contribution in [1.29, 1.82) is 0 Å². The van der Waals surface area contributed by atoms with Gasteiger partial charge in [-0.3, -0.25) is 0 Å². The highest BCUT2D eigenvalue weighted by atomic mass is 16.3. The van der Waals surface area contributed by atoms with Gasteiger partial charge in [0.2, 0.25) is 0 Å². The third-order valence-corrected chi connectivity index (χ3v) is 16.8. The van der Waals surface area contributed by atoms with Gasteiger partial charge >= 0.3 is 0 Å². The number of furan rings is 2. The third kappa shape index (κ3) is 6.81. The Bertz CT molecular complexity index is 4920. The van der Waals surface area contributed by atoms with Gasteiger partial charge < -0.3 is 18.6 Å². The van der Waals surface area contributed by atoms with E-state index < -0.39 is 5.41 Å². The van der Waals surface area contributed by atoms with E-state index in [2.05, 4.69) is 291 Å². The van der Waals surface area contributed by atoms with Gasteiger partial charge in [-0.25, -0.2) is 0 Å². The molecule has 0 spiro atoms. The second-order valence-electron chi connectivity index (χ2n) is 21.5. The van der Waals surface area contributed by atoms with E-state index in [1.165, 1.54) is 27.6 Å². The summed E-state index contributed by atoms with van der Waals surface area (Å²) in [5.74, 6) is 0. The lowest BCUT2D eigenvalue weighted by atomic mass is 9.81. The zero-order valence-corrected chi connectivity index (χ0v) is 43.6. The Hall–Kier alpha value is -10.2. The molecule has 13 aromatic carbocycles. The predicted molar refractivity (Wildman–Crippen MR) is 331 cm³/mol. The van der Waals surface area contributed by atoms with E-state index in [-0.39, 0.29) is 0 Å². The summed E-state index contributed by atoms with van der Waals surface area (Å²) in [6, 6.07) is 96.5. The largest absolute Gasteiger partial charge is 0.453 e. The van der Waals surface area contributed by atoms with Crippen LogP contribution < -0.4 is 9.80 Å². The van der Waals surface area contributed by atoms with E-state index in [1.807, 2.05) is 0 Å². The van der Waals surface area contributed by atoms with E-state index in [9.17, 15) is 0 Å². The molecular formula is C75H50N2O2. The fraction of sp³-hybridized carbons (Fsp3) is 0.0400. The predicted octanol–water partition coefficient (Wildman–Crippen LogP) is 21.5. The topological polar surface area (TPSA) is 32.8 Å². The summed E-state index contributed by atoms with van der Waals surface area (Å²) in [5, 5.41) is 11.4. The quantitative estimate of drug-likeness (QED) is 0.152. The molecule has 0 saturated carbocycles. The van der Waals surface area contributed by atoms with E-state index in [0.717, 1.165) is 127 Å². The van der Waals surface area contributed by atoms with Gasteiger partial charge in [-0.2, -0.15) is 0 Å². The van der Waals surface area contributed by atoms with Crippen molar-refractivity contribution in [1.82, 2.24) is 0 Å². The number of fused-ring (bicyclic) bond motifs is 15. The van der Waals surface area contributed by atoms with Gasteiger partial charge in [0.25, 0.3) is 0 Å². The smallest absolute Gasteiger partial charge is 0.160 e. The highest BCUT2D eigenvalue weighted by Gasteiger charge is 2.39. The fourth-order valence-corrected chi connectivity index (χ4v) is 13.1. The summed E-state index contributed by atoms with van der Waals surface area (Å²) >= 11 is 0. The SMILES string of the molecule is CC1(C)c2cc(N(c3ccccc3)c3cc4ccccc4c4c3oc3c(-c5ccccc5)cccc34)ccc2-c2c1cc(N(c1ccccc1)c1cc3ccccc3c3c1oc1c(-c4ccccc4)cccc13)c1ccccc21. The minimum Gasteiger partial charge on any atom is -0.453 e. The summed E-state index contributed by atoms with van der Waals surface area (Å²) in [6.07, 6.45) is 0. The molecule has 4 nitrogen and oxygen atoms in total. The van der Waals surface area contributed by atoms with Crippen molar-refractivity contribution in [2.75, 3.05) is 9.80 Å². The minimum atomic E-state index is -0.421. The molecule has 0 N–H and O–H groups in total. The van der Waals surface area contributed by atoms with E-state index >= 15 is 0 Å². The molecule has 79 heavy (non-hydrogen) atoms. The first kappa shape index (κ1) is 45.1. The Kier molecular flexibility index (Phi) is 9.95. The van der Waals surface area contributed by atoms with Crippen LogP contribution in [0, 0.1) is 0 Å². The maximum atomic E-state index is 7.35. The summed E-state index contributed by atoms with van der Waals surface area (Å²) in [5.41, 5.74) is 18.7. The molecule has 4 heteroatoms. The number of benzene rings is 13. The molecule has 15 aromatic rings. The van der Waals surface area contributed by atoms with E-state index in [4.69, 9.17) is 8.83 Å². The lowest BCUT2D eigenvalue weighted by Gasteiger charge is -2.30. The summed E-state index contributed by atoms with van der Waals surface area (Å²) in [7, 11) is 0. The van der Waals surface area contributed by atoms with Crippen molar-refractivity contribution in [2.45, 2.75) is 19.3 Å². The molecule has 0 atom stereocenters. The first-order chi connectivity index (χ1) is 39.0. The van der Waals surface area contributed by atoms with Gasteiger partial charge in [-0.1, -0.05) is 226 Å². The average Bonchev–Trinajstić information content (AvgIpc) is 4.37. The molecule has 372 valence electrons. The first-order valence-electron chi connectivity index (χ1n) is 27.2. The normalized spacial score (nSPS) is 12.8. The second-order valence-corrected chi connectivity index (χ2v) is 21.5. The van der Waals surface area contributed by atoms with Crippen LogP contribution in [0.5, 0.6) is 0 Å². The van der Waals surface area contributed by atoms with Gasteiger partial charge in [0, 0.05) is 60.5 Å². The van der Waals surface area contributed by atoms with Crippen molar-refractivity contribution < 1.29 is 8.83 Å². The molecule has 0 radical (unpaired) electrons. The maximum Gasteiger partial charge on any atom is 0.160 e. The molecule has 16 rings (SSSR count). The zero-order valence-electron chi connectivity index (χ0n) is 43.6. The lowest BCUT2D eigenvalue weighted by molar-refractivity contribution is 0.660. The molecule has 2 heterocycles. The lowest BCUT2D eigenvalue weighted by Crippen LogP contribution is -2.18. The van der Waals surface area contributed by atoms with Crippen LogP contribution in [0.25, 0.3) is 110 Å². The van der Waals surface area contributed by atoms with Gasteiger partial charge in [0.1, 0.15) is 11.2 Å². The monoisotopic (exact) mass is 1010 g/mol. The van der Waals surface area contributed by atoms with Crippen molar-refractivity contribution in [3.63, 3.8) is 0 Å². The molecular weight excluding hydrogens is 961 g/mol. The van der Waals surface area contributed by atoms with Gasteiger partial charge in [-0.05, 0) is 115 Å². The second kappa shape index (κ2) is 17.4. The Labute approximate surface area is 457 Å². The summed E-state index contributed by atoms with van der Waals surface area (Å²) < 4.78 is 14.6. The molecule has 1 aliphatic rings. The van der Waals surface area contributed by atoms with Crippen molar-refractivity contribution in [3.05, 3.63) is 278 Å². The summed E-state index contributed by atoms with van der Waals surface area (Å²) in [6.45, 7) is 4.80. The van der Waals surface area contributed by atoms with Crippen LogP contribution in [0.15, 0.2) is 276 Å². The van der Waals surface area contributed by atoms with Crippen LogP contribution in [0.2, 0.25) is 0 Å². The number of anilines is 6. The standard InChI is InChI=1S/C75H50N2O2/c1-75(2)63-45-53(76(51-29-11-5-12-30-51)66-43-49-27-15-17-33-54(49)69-61-39-21-37-56(71(61)78-73(66)69)47-23-7-3-8-24-47)41-42-60(63)68-59-36-20-19-35-58(59)65(46-64(68)75)77(52-31-13-6-14-32-52)67-44-50-28-16-18-34-55(50)70-62-40-22-38-57(72(62)79-74(67)70)48-25-9-4-10-26-48/h3-46H,1-2H3. The Morgan fingerprint density at radius 3 is 1.28 bits per heavy atom. The number of rotatable bonds is 8. The molecule has 2 aromatic heterocycles. The van der Waals surface area contributed by atoms with Gasteiger partial charge in [-0.15, -0.1) is 0 Å². The van der Waals surface area contributed by atoms with Crippen LogP contribution in [-0.4, -0.2) is 0 Å². The van der Waals surface area contributed by atoms with Crippen molar-refractivity contribution >= 4 is 110 Å². The zero-order chi connectivity index (χ0) is 52.3. The van der Waals surface area contributed by atoms with Gasteiger partial charge in [0.15, 0.2) is 11.2 Å². The van der Waals surface area contributed by atoms with E-state index in [1.54, 1.807) is 0 Å². The van der Waals surface area contributed by atoms with E-state index in [0.29, 0.717) is 0 Å².